The van der Waals surface area contributed by atoms with Crippen LogP contribution < -0.4 is 0 Å². The molecule has 0 aliphatic rings. The first-order chi connectivity index (χ1) is 9.43. The molecule has 2 aromatic rings. The van der Waals surface area contributed by atoms with Gasteiger partial charge in [0.25, 0.3) is 0 Å². The van der Waals surface area contributed by atoms with Crippen molar-refractivity contribution < 1.29 is 19.8 Å². The van der Waals surface area contributed by atoms with Crippen LogP contribution >= 0.6 is 23.2 Å². The third kappa shape index (κ3) is 2.48. The van der Waals surface area contributed by atoms with Gasteiger partial charge in [-0.05, 0) is 23.3 Å². The van der Waals surface area contributed by atoms with Crippen molar-refractivity contribution >= 4 is 35.1 Å². The average Bonchev–Trinajstić information content (AvgIpc) is 2.41. The lowest BCUT2D eigenvalue weighted by Crippen LogP contribution is -2.05. The number of carboxylic acid groups (broad SMARTS) is 2. The number of aromatic carboxylic acids is 2. The molecule has 0 heterocycles. The molecule has 102 valence electrons. The summed E-state index contributed by atoms with van der Waals surface area (Å²) in [5.41, 5.74) is 0.266. The zero-order chi connectivity index (χ0) is 14.9. The smallest absolute Gasteiger partial charge is 0.337 e. The fourth-order valence-electron chi connectivity index (χ4n) is 1.89. The lowest BCUT2D eigenvalue weighted by Gasteiger charge is -2.11. The zero-order valence-corrected chi connectivity index (χ0v) is 11.4. The van der Waals surface area contributed by atoms with Crippen LogP contribution in [0.25, 0.3) is 11.1 Å². The van der Waals surface area contributed by atoms with Crippen molar-refractivity contribution in [3.8, 4) is 11.1 Å². The molecule has 0 radical (unpaired) electrons. The van der Waals surface area contributed by atoms with Crippen molar-refractivity contribution in [2.24, 2.45) is 0 Å². The van der Waals surface area contributed by atoms with E-state index in [4.69, 9.17) is 23.2 Å². The van der Waals surface area contributed by atoms with E-state index in [1.54, 1.807) is 12.1 Å². The van der Waals surface area contributed by atoms with Crippen LogP contribution in [0, 0.1) is 0 Å². The number of hydrogen-bond donors (Lipinski definition) is 2. The maximum atomic E-state index is 11.4. The minimum atomic E-state index is -1.27. The van der Waals surface area contributed by atoms with Crippen LogP contribution in [0.5, 0.6) is 0 Å². The Balaban J connectivity index is 2.81. The van der Waals surface area contributed by atoms with E-state index in [1.807, 2.05) is 0 Å². The van der Waals surface area contributed by atoms with Gasteiger partial charge in [-0.15, -0.1) is 0 Å². The summed E-state index contributed by atoms with van der Waals surface area (Å²) in [6, 6.07) is 8.98. The van der Waals surface area contributed by atoms with Crippen molar-refractivity contribution in [1.82, 2.24) is 0 Å². The van der Waals surface area contributed by atoms with Gasteiger partial charge in [0.15, 0.2) is 0 Å². The highest BCUT2D eigenvalue weighted by Crippen LogP contribution is 2.35. The number of carboxylic acids is 2. The molecule has 0 bridgehead atoms. The van der Waals surface area contributed by atoms with E-state index in [2.05, 4.69) is 0 Å². The summed E-state index contributed by atoms with van der Waals surface area (Å²) in [7, 11) is 0. The largest absolute Gasteiger partial charge is 0.478 e. The van der Waals surface area contributed by atoms with E-state index in [1.165, 1.54) is 24.3 Å². The highest BCUT2D eigenvalue weighted by Gasteiger charge is 2.21. The summed E-state index contributed by atoms with van der Waals surface area (Å²) in [6.07, 6.45) is 0. The number of halogens is 2. The number of benzene rings is 2. The summed E-state index contributed by atoms with van der Waals surface area (Å²) in [4.78, 5) is 22.6. The lowest BCUT2D eigenvalue weighted by atomic mass is 9.95. The standard InChI is InChI=1S/C14H8Cl2O4/c15-10-6-5-8(11(12(10)16)14(19)20)7-3-1-2-4-9(7)13(17)18/h1-6H,(H,17,18)(H,19,20). The van der Waals surface area contributed by atoms with Gasteiger partial charge in [0.2, 0.25) is 0 Å². The van der Waals surface area contributed by atoms with Crippen molar-refractivity contribution in [2.45, 2.75) is 0 Å². The van der Waals surface area contributed by atoms with Gasteiger partial charge in [-0.1, -0.05) is 47.5 Å². The molecule has 0 aliphatic carbocycles. The van der Waals surface area contributed by atoms with E-state index < -0.39 is 11.9 Å². The number of hydrogen-bond acceptors (Lipinski definition) is 2. The van der Waals surface area contributed by atoms with Gasteiger partial charge >= 0.3 is 11.9 Å². The Kier molecular flexibility index (Phi) is 3.97. The fraction of sp³-hybridized carbons (Fsp3) is 0. The molecule has 2 rings (SSSR count). The van der Waals surface area contributed by atoms with Gasteiger partial charge in [0.1, 0.15) is 0 Å². The molecule has 0 unspecified atom stereocenters. The molecule has 0 amide bonds. The quantitative estimate of drug-likeness (QED) is 0.896. The van der Waals surface area contributed by atoms with Gasteiger partial charge in [0.05, 0.1) is 21.2 Å². The van der Waals surface area contributed by atoms with Crippen molar-refractivity contribution in [3.63, 3.8) is 0 Å². The molecule has 0 aromatic heterocycles. The molecule has 0 spiro atoms. The molecule has 20 heavy (non-hydrogen) atoms. The molecule has 0 aliphatic heterocycles. The minimum absolute atomic E-state index is 0.00612. The van der Waals surface area contributed by atoms with Crippen LogP contribution in [0.2, 0.25) is 10.0 Å². The molecular formula is C14H8Cl2O4. The number of carbonyl (C=O) groups is 2. The second kappa shape index (κ2) is 5.53. The molecule has 0 atom stereocenters. The Bertz CT molecular complexity index is 710. The molecule has 2 aromatic carbocycles. The first-order valence-corrected chi connectivity index (χ1v) is 6.23. The third-order valence-corrected chi connectivity index (χ3v) is 3.56. The Labute approximate surface area is 124 Å². The molecule has 0 fully saturated rings. The number of rotatable bonds is 3. The average molecular weight is 311 g/mol. The van der Waals surface area contributed by atoms with E-state index in [9.17, 15) is 19.8 Å². The van der Waals surface area contributed by atoms with Crippen molar-refractivity contribution in [2.75, 3.05) is 0 Å². The summed E-state index contributed by atoms with van der Waals surface area (Å²) < 4.78 is 0. The van der Waals surface area contributed by atoms with Crippen LogP contribution in [-0.4, -0.2) is 22.2 Å². The lowest BCUT2D eigenvalue weighted by molar-refractivity contribution is 0.0684. The summed E-state index contributed by atoms with van der Waals surface area (Å²) in [5, 5.41) is 18.4. The van der Waals surface area contributed by atoms with Gasteiger partial charge in [-0.3, -0.25) is 0 Å². The van der Waals surface area contributed by atoms with Crippen LogP contribution in [0.4, 0.5) is 0 Å². The molecule has 6 heteroatoms. The van der Waals surface area contributed by atoms with Crippen LogP contribution in [-0.2, 0) is 0 Å². The van der Waals surface area contributed by atoms with Crippen LogP contribution in [0.1, 0.15) is 20.7 Å². The topological polar surface area (TPSA) is 74.6 Å². The highest BCUT2D eigenvalue weighted by atomic mass is 35.5. The van der Waals surface area contributed by atoms with Gasteiger partial charge in [0, 0.05) is 0 Å². The highest BCUT2D eigenvalue weighted by molar-refractivity contribution is 6.44. The van der Waals surface area contributed by atoms with Crippen molar-refractivity contribution in [1.29, 1.82) is 0 Å². The summed E-state index contributed by atoms with van der Waals surface area (Å²) in [6.45, 7) is 0. The molecule has 2 N–H and O–H groups in total. The maximum absolute atomic E-state index is 11.4. The van der Waals surface area contributed by atoms with Crippen LogP contribution in [0.15, 0.2) is 36.4 Å². The Morgan fingerprint density at radius 3 is 2.10 bits per heavy atom. The zero-order valence-electron chi connectivity index (χ0n) is 9.93. The first-order valence-electron chi connectivity index (χ1n) is 5.47. The SMILES string of the molecule is O=C(O)c1ccccc1-c1ccc(Cl)c(Cl)c1C(=O)O. The first kappa shape index (κ1) is 14.4. The Morgan fingerprint density at radius 1 is 0.850 bits per heavy atom. The van der Waals surface area contributed by atoms with Crippen molar-refractivity contribution in [3.05, 3.63) is 57.6 Å². The second-order valence-corrected chi connectivity index (χ2v) is 4.72. The Hall–Kier alpha value is -2.04. The molecular weight excluding hydrogens is 303 g/mol. The van der Waals surface area contributed by atoms with E-state index in [0.717, 1.165) is 0 Å². The van der Waals surface area contributed by atoms with Gasteiger partial charge in [-0.2, -0.15) is 0 Å². The predicted molar refractivity (Wildman–Crippen MR) is 75.8 cm³/mol. The Morgan fingerprint density at radius 2 is 1.50 bits per heavy atom. The molecule has 0 saturated carbocycles. The van der Waals surface area contributed by atoms with Crippen LogP contribution in [0.3, 0.4) is 0 Å². The van der Waals surface area contributed by atoms with Gasteiger partial charge < -0.3 is 10.2 Å². The fourth-order valence-corrected chi connectivity index (χ4v) is 2.29. The summed E-state index contributed by atoms with van der Waals surface area (Å²) >= 11 is 11.7. The maximum Gasteiger partial charge on any atom is 0.337 e. The molecule has 0 saturated heterocycles. The normalized spacial score (nSPS) is 10.3. The minimum Gasteiger partial charge on any atom is -0.478 e. The third-order valence-electron chi connectivity index (χ3n) is 2.76. The van der Waals surface area contributed by atoms with E-state index in [0.29, 0.717) is 0 Å². The molecule has 4 nitrogen and oxygen atoms in total. The predicted octanol–water partition coefficient (Wildman–Crippen LogP) is 4.06. The van der Waals surface area contributed by atoms with E-state index in [-0.39, 0.29) is 32.3 Å². The second-order valence-electron chi connectivity index (χ2n) is 3.94. The monoisotopic (exact) mass is 310 g/mol. The van der Waals surface area contributed by atoms with Gasteiger partial charge in [-0.25, -0.2) is 9.59 Å². The summed E-state index contributed by atoms with van der Waals surface area (Å²) in [5.74, 6) is -2.42. The van der Waals surface area contributed by atoms with E-state index >= 15 is 0 Å².